The van der Waals surface area contributed by atoms with Crippen molar-refractivity contribution in [1.82, 2.24) is 0 Å². The fraction of sp³-hybridized carbons (Fsp3) is 0.125. The first-order valence-corrected chi connectivity index (χ1v) is 9.36. The summed E-state index contributed by atoms with van der Waals surface area (Å²) in [6.45, 7) is 2.88. The number of nitrogens with one attached hydrogen (secondary N) is 1. The number of Topliss-reactive ketones (excluding diaryl/α,β-unsaturated/α-hetero) is 1. The minimum Gasteiger partial charge on any atom is -0.508 e. The zero-order valence-electron chi connectivity index (χ0n) is 16.6. The van der Waals surface area contributed by atoms with E-state index in [1.807, 2.05) is 0 Å². The van der Waals surface area contributed by atoms with Gasteiger partial charge in [0.05, 0.1) is 11.3 Å². The van der Waals surface area contributed by atoms with Crippen LogP contribution in [0.5, 0.6) is 5.75 Å². The van der Waals surface area contributed by atoms with Gasteiger partial charge in [-0.2, -0.15) is 0 Å². The number of amides is 1. The van der Waals surface area contributed by atoms with Gasteiger partial charge in [-0.1, -0.05) is 36.4 Å². The van der Waals surface area contributed by atoms with E-state index in [1.165, 1.54) is 13.8 Å². The highest BCUT2D eigenvalue weighted by atomic mass is 16.5. The summed E-state index contributed by atoms with van der Waals surface area (Å²) in [6, 6.07) is 20.1. The van der Waals surface area contributed by atoms with Gasteiger partial charge in [-0.3, -0.25) is 9.59 Å². The van der Waals surface area contributed by atoms with Gasteiger partial charge in [0.25, 0.3) is 5.91 Å². The minimum absolute atomic E-state index is 0.177. The Labute approximate surface area is 174 Å². The van der Waals surface area contributed by atoms with Crippen molar-refractivity contribution < 1.29 is 24.2 Å². The first-order valence-electron chi connectivity index (χ1n) is 9.36. The third-order valence-corrected chi connectivity index (χ3v) is 4.54. The molecule has 3 aromatic rings. The highest BCUT2D eigenvalue weighted by Gasteiger charge is 2.20. The van der Waals surface area contributed by atoms with Crippen molar-refractivity contribution in [2.75, 3.05) is 5.32 Å². The third kappa shape index (κ3) is 4.91. The quantitative estimate of drug-likeness (QED) is 0.469. The van der Waals surface area contributed by atoms with Crippen LogP contribution in [-0.2, 0) is 9.53 Å². The number of hydrogen-bond acceptors (Lipinski definition) is 5. The molecule has 1 amide bonds. The van der Waals surface area contributed by atoms with Crippen LogP contribution in [0.4, 0.5) is 5.69 Å². The number of phenols is 1. The number of ketones is 1. The van der Waals surface area contributed by atoms with Gasteiger partial charge in [-0.15, -0.1) is 0 Å². The van der Waals surface area contributed by atoms with E-state index >= 15 is 0 Å². The van der Waals surface area contributed by atoms with Crippen molar-refractivity contribution >= 4 is 23.3 Å². The van der Waals surface area contributed by atoms with E-state index < -0.39 is 18.0 Å². The number of para-hydroxylation sites is 1. The summed E-state index contributed by atoms with van der Waals surface area (Å²) in [5.41, 5.74) is 2.83. The monoisotopic (exact) mass is 403 g/mol. The van der Waals surface area contributed by atoms with Gasteiger partial charge in [-0.05, 0) is 61.4 Å². The zero-order valence-corrected chi connectivity index (χ0v) is 16.6. The SMILES string of the molecule is CC(=O)c1ccccc1NC(=O)[C@@H](C)OC(=O)c1ccc(-c2ccc(O)cc2)cc1. The molecule has 0 saturated carbocycles. The highest BCUT2D eigenvalue weighted by molar-refractivity contribution is 6.05. The lowest BCUT2D eigenvalue weighted by Gasteiger charge is -2.15. The maximum absolute atomic E-state index is 12.4. The number of ether oxygens (including phenoxy) is 1. The number of hydrogen-bond donors (Lipinski definition) is 2. The maximum atomic E-state index is 12.4. The van der Waals surface area contributed by atoms with Crippen molar-refractivity contribution in [2.24, 2.45) is 0 Å². The number of rotatable bonds is 6. The number of phenolic OH excluding ortho intramolecular Hbond substituents is 1. The van der Waals surface area contributed by atoms with Crippen LogP contribution in [-0.4, -0.2) is 28.9 Å². The molecule has 0 fully saturated rings. The second-order valence-electron chi connectivity index (χ2n) is 6.76. The van der Waals surface area contributed by atoms with Crippen molar-refractivity contribution in [3.05, 3.63) is 83.9 Å². The van der Waals surface area contributed by atoms with Crippen LogP contribution in [0.1, 0.15) is 34.6 Å². The van der Waals surface area contributed by atoms with Crippen molar-refractivity contribution in [1.29, 1.82) is 0 Å². The molecule has 6 heteroatoms. The van der Waals surface area contributed by atoms with Crippen LogP contribution in [0.3, 0.4) is 0 Å². The Morgan fingerprint density at radius 3 is 2.03 bits per heavy atom. The summed E-state index contributed by atoms with van der Waals surface area (Å²) in [6.07, 6.45) is -1.05. The van der Waals surface area contributed by atoms with Crippen molar-refractivity contribution in [3.8, 4) is 16.9 Å². The molecular formula is C24H21NO5. The molecule has 0 saturated heterocycles. The number of anilines is 1. The molecular weight excluding hydrogens is 382 g/mol. The Hall–Kier alpha value is -3.93. The average molecular weight is 403 g/mol. The first kappa shape index (κ1) is 20.8. The lowest BCUT2D eigenvalue weighted by atomic mass is 10.0. The third-order valence-electron chi connectivity index (χ3n) is 4.54. The number of carbonyl (C=O) groups is 3. The van der Waals surface area contributed by atoms with Gasteiger partial charge < -0.3 is 15.2 Å². The minimum atomic E-state index is -1.05. The second kappa shape index (κ2) is 9.05. The number of esters is 1. The van der Waals surface area contributed by atoms with E-state index in [0.717, 1.165) is 11.1 Å². The molecule has 0 aliphatic rings. The highest BCUT2D eigenvalue weighted by Crippen LogP contribution is 2.22. The maximum Gasteiger partial charge on any atom is 0.338 e. The fourth-order valence-corrected chi connectivity index (χ4v) is 2.87. The Balaban J connectivity index is 1.64. The van der Waals surface area contributed by atoms with Crippen molar-refractivity contribution in [3.63, 3.8) is 0 Å². The Bertz CT molecular complexity index is 1070. The van der Waals surface area contributed by atoms with Crippen LogP contribution in [0.15, 0.2) is 72.8 Å². The summed E-state index contributed by atoms with van der Waals surface area (Å²) in [7, 11) is 0. The average Bonchev–Trinajstić information content (AvgIpc) is 2.74. The summed E-state index contributed by atoms with van der Waals surface area (Å²) in [5, 5.41) is 12.0. The Kier molecular flexibility index (Phi) is 6.27. The summed E-state index contributed by atoms with van der Waals surface area (Å²) in [5.74, 6) is -1.16. The normalized spacial score (nSPS) is 11.4. The van der Waals surface area contributed by atoms with E-state index in [4.69, 9.17) is 4.74 Å². The predicted octanol–water partition coefficient (Wildman–Crippen LogP) is 4.45. The zero-order chi connectivity index (χ0) is 21.7. The van der Waals surface area contributed by atoms with Crippen LogP contribution < -0.4 is 5.32 Å². The van der Waals surface area contributed by atoms with Gasteiger partial charge in [0.15, 0.2) is 11.9 Å². The molecule has 0 bridgehead atoms. The molecule has 0 radical (unpaired) electrons. The lowest BCUT2D eigenvalue weighted by molar-refractivity contribution is -0.123. The summed E-state index contributed by atoms with van der Waals surface area (Å²) >= 11 is 0. The van der Waals surface area contributed by atoms with E-state index in [0.29, 0.717) is 16.8 Å². The number of benzene rings is 3. The van der Waals surface area contributed by atoms with Gasteiger partial charge in [0.2, 0.25) is 0 Å². The fourth-order valence-electron chi connectivity index (χ4n) is 2.87. The largest absolute Gasteiger partial charge is 0.508 e. The molecule has 2 N–H and O–H groups in total. The van der Waals surface area contributed by atoms with Crippen LogP contribution in [0, 0.1) is 0 Å². The van der Waals surface area contributed by atoms with E-state index in [2.05, 4.69) is 5.32 Å². The molecule has 0 aromatic heterocycles. The standard InChI is InChI=1S/C24H21NO5/c1-15(26)21-5-3-4-6-22(21)25-23(28)16(2)30-24(29)19-9-7-17(8-10-19)18-11-13-20(27)14-12-18/h3-14,16,27H,1-2H3,(H,25,28)/t16-/m1/s1. The topological polar surface area (TPSA) is 92.7 Å². The molecule has 30 heavy (non-hydrogen) atoms. The summed E-state index contributed by atoms with van der Waals surface area (Å²) in [4.78, 5) is 36.5. The van der Waals surface area contributed by atoms with E-state index in [-0.39, 0.29) is 11.5 Å². The van der Waals surface area contributed by atoms with Crippen molar-refractivity contribution in [2.45, 2.75) is 20.0 Å². The molecule has 6 nitrogen and oxygen atoms in total. The predicted molar refractivity (Wildman–Crippen MR) is 113 cm³/mol. The summed E-state index contributed by atoms with van der Waals surface area (Å²) < 4.78 is 5.26. The Morgan fingerprint density at radius 2 is 1.43 bits per heavy atom. The van der Waals surface area contributed by atoms with Crippen LogP contribution in [0.25, 0.3) is 11.1 Å². The van der Waals surface area contributed by atoms with Crippen LogP contribution in [0.2, 0.25) is 0 Å². The molecule has 0 aliphatic heterocycles. The van der Waals surface area contributed by atoms with Gasteiger partial charge in [-0.25, -0.2) is 4.79 Å². The molecule has 1 atom stereocenters. The lowest BCUT2D eigenvalue weighted by Crippen LogP contribution is -2.30. The van der Waals surface area contributed by atoms with Gasteiger partial charge in [0, 0.05) is 5.56 Å². The molecule has 3 aromatic carbocycles. The molecule has 3 rings (SSSR count). The molecule has 152 valence electrons. The second-order valence-corrected chi connectivity index (χ2v) is 6.76. The van der Waals surface area contributed by atoms with E-state index in [9.17, 15) is 19.5 Å². The van der Waals surface area contributed by atoms with Crippen LogP contribution >= 0.6 is 0 Å². The molecule has 0 unspecified atom stereocenters. The smallest absolute Gasteiger partial charge is 0.338 e. The number of carbonyl (C=O) groups excluding carboxylic acids is 3. The van der Waals surface area contributed by atoms with Gasteiger partial charge >= 0.3 is 5.97 Å². The van der Waals surface area contributed by atoms with E-state index in [1.54, 1.807) is 72.8 Å². The van der Waals surface area contributed by atoms with Gasteiger partial charge in [0.1, 0.15) is 5.75 Å². The Morgan fingerprint density at radius 1 is 0.867 bits per heavy atom. The number of aromatic hydroxyl groups is 1. The molecule has 0 spiro atoms. The molecule has 0 heterocycles. The molecule has 0 aliphatic carbocycles. The first-order chi connectivity index (χ1) is 14.3.